The molecule has 0 aliphatic rings. The summed E-state index contributed by atoms with van der Waals surface area (Å²) < 4.78 is 4.97. The van der Waals surface area contributed by atoms with Gasteiger partial charge in [-0.05, 0) is 26.0 Å². The highest BCUT2D eigenvalue weighted by Crippen LogP contribution is 2.29. The van der Waals surface area contributed by atoms with Gasteiger partial charge in [0.15, 0.2) is 0 Å². The molecule has 0 spiro atoms. The number of nitrogens with zero attached hydrogens (tertiary/aromatic N) is 2. The average molecular weight is 377 g/mol. The molecule has 1 N–H and O–H groups in total. The fourth-order valence-corrected chi connectivity index (χ4v) is 2.16. The average Bonchev–Trinajstić information content (AvgIpc) is 2.62. The third kappa shape index (κ3) is 8.03. The Morgan fingerprint density at radius 1 is 1.08 bits per heavy atom. The predicted molar refractivity (Wildman–Crippen MR) is 100 cm³/mol. The molecule has 2 aromatic rings. The Kier molecular flexibility index (Phi) is 10.3. The van der Waals surface area contributed by atoms with Crippen LogP contribution in [0.4, 0.5) is 0 Å². The van der Waals surface area contributed by atoms with E-state index in [1.165, 1.54) is 6.33 Å². The van der Waals surface area contributed by atoms with Crippen molar-refractivity contribution in [3.05, 3.63) is 58.1 Å². The van der Waals surface area contributed by atoms with Crippen LogP contribution < -0.4 is 0 Å². The van der Waals surface area contributed by atoms with E-state index in [2.05, 4.69) is 33.6 Å². The van der Waals surface area contributed by atoms with Gasteiger partial charge in [-0.2, -0.15) is 0 Å². The molecular weight excluding hydrogens is 359 g/mol. The summed E-state index contributed by atoms with van der Waals surface area (Å²) in [5, 5.41) is 11.0. The Morgan fingerprint density at radius 3 is 2.20 bits per heavy atom. The lowest BCUT2D eigenvalue weighted by atomic mass is 10.0. The maximum atomic E-state index is 10.1. The molecule has 0 saturated heterocycles. The van der Waals surface area contributed by atoms with Crippen molar-refractivity contribution >= 4 is 23.2 Å². The number of aliphatic hydroxyl groups excluding tert-OH is 1. The van der Waals surface area contributed by atoms with Crippen molar-refractivity contribution in [3.8, 4) is 23.7 Å². The first-order valence-corrected chi connectivity index (χ1v) is 8.10. The van der Waals surface area contributed by atoms with Gasteiger partial charge in [-0.1, -0.05) is 41.1 Å². The summed E-state index contributed by atoms with van der Waals surface area (Å²) in [5.74, 6) is 11.0. The fraction of sp³-hybridized carbons (Fsp3) is 0.263. The van der Waals surface area contributed by atoms with Crippen LogP contribution in [0, 0.1) is 23.7 Å². The second kappa shape index (κ2) is 12.3. The van der Waals surface area contributed by atoms with E-state index in [0.29, 0.717) is 34.4 Å². The van der Waals surface area contributed by atoms with Gasteiger partial charge in [0.25, 0.3) is 0 Å². The van der Waals surface area contributed by atoms with E-state index in [1.54, 1.807) is 44.4 Å². The molecule has 0 saturated carbocycles. The number of ether oxygens (including phenoxy) is 1. The maximum absolute atomic E-state index is 10.1. The second-order valence-corrected chi connectivity index (χ2v) is 5.43. The highest BCUT2D eigenvalue weighted by molar-refractivity contribution is 6.35. The monoisotopic (exact) mass is 376 g/mol. The first-order valence-electron chi connectivity index (χ1n) is 7.35. The lowest BCUT2D eigenvalue weighted by molar-refractivity contribution is 0.204. The predicted octanol–water partition coefficient (Wildman–Crippen LogP) is 3.91. The summed E-state index contributed by atoms with van der Waals surface area (Å²) in [4.78, 5) is 7.68. The van der Waals surface area contributed by atoms with Crippen molar-refractivity contribution in [2.24, 2.45) is 0 Å². The van der Waals surface area contributed by atoms with E-state index < -0.39 is 6.10 Å². The summed E-state index contributed by atoms with van der Waals surface area (Å²) in [5.41, 5.74) is 1.17. The van der Waals surface area contributed by atoms with E-state index in [9.17, 15) is 5.11 Å². The van der Waals surface area contributed by atoms with E-state index in [0.717, 1.165) is 0 Å². The summed E-state index contributed by atoms with van der Waals surface area (Å²) in [6.07, 6.45) is 3.65. The van der Waals surface area contributed by atoms with Crippen molar-refractivity contribution in [1.82, 2.24) is 9.97 Å². The van der Waals surface area contributed by atoms with Gasteiger partial charge >= 0.3 is 0 Å². The van der Waals surface area contributed by atoms with Crippen LogP contribution in [0.2, 0.25) is 10.0 Å². The Morgan fingerprint density at radius 2 is 1.68 bits per heavy atom. The number of halogens is 2. The summed E-state index contributed by atoms with van der Waals surface area (Å²) in [6.45, 7) is 4.56. The van der Waals surface area contributed by atoms with Crippen molar-refractivity contribution in [2.45, 2.75) is 20.0 Å². The molecule has 0 radical (unpaired) electrons. The van der Waals surface area contributed by atoms with E-state index in [4.69, 9.17) is 27.9 Å². The Bertz CT molecular complexity index is 755. The molecule has 2 rings (SSSR count). The van der Waals surface area contributed by atoms with Crippen LogP contribution in [0.5, 0.6) is 0 Å². The standard InChI is InChI=1S/C11H8Cl2N2O.C8H10O/c12-8-1-2-9(10(13)3-8)11(16)7-4-14-6-15-5-7;1-3-5-7-9-8-6-4-2/h1-6,11,16H;7-8H2,1-2H3. The molecule has 0 aliphatic heterocycles. The van der Waals surface area contributed by atoms with Crippen molar-refractivity contribution in [1.29, 1.82) is 0 Å². The minimum absolute atomic E-state index is 0.420. The molecule has 0 bridgehead atoms. The molecule has 1 unspecified atom stereocenters. The highest BCUT2D eigenvalue weighted by Gasteiger charge is 2.14. The molecule has 4 nitrogen and oxygen atoms in total. The molecule has 1 aromatic carbocycles. The molecular formula is C19H18Cl2N2O2. The molecule has 130 valence electrons. The zero-order valence-corrected chi connectivity index (χ0v) is 15.5. The van der Waals surface area contributed by atoms with Crippen LogP contribution in [0.1, 0.15) is 31.1 Å². The normalized spacial score (nSPS) is 10.3. The number of aliphatic hydroxyl groups is 1. The van der Waals surface area contributed by atoms with Gasteiger partial charge in [-0.3, -0.25) is 0 Å². The van der Waals surface area contributed by atoms with Crippen LogP contribution in [-0.4, -0.2) is 28.3 Å². The molecule has 25 heavy (non-hydrogen) atoms. The number of benzene rings is 1. The topological polar surface area (TPSA) is 55.2 Å². The number of hydrogen-bond acceptors (Lipinski definition) is 4. The first-order chi connectivity index (χ1) is 12.1. The zero-order valence-electron chi connectivity index (χ0n) is 14.0. The lowest BCUT2D eigenvalue weighted by Gasteiger charge is -2.12. The number of aromatic nitrogens is 2. The zero-order chi connectivity index (χ0) is 18.5. The SMILES string of the molecule is CC#CCOCC#CC.OC(c1cncnc1)c1ccc(Cl)cc1Cl. The van der Waals surface area contributed by atoms with Gasteiger partial charge in [0.05, 0.1) is 0 Å². The molecule has 1 atom stereocenters. The Labute approximate surface area is 158 Å². The smallest absolute Gasteiger partial charge is 0.115 e. The van der Waals surface area contributed by atoms with Crippen LogP contribution in [0.15, 0.2) is 36.9 Å². The molecule has 6 heteroatoms. The lowest BCUT2D eigenvalue weighted by Crippen LogP contribution is -2.01. The van der Waals surface area contributed by atoms with E-state index in [1.807, 2.05) is 0 Å². The molecule has 1 aromatic heterocycles. The van der Waals surface area contributed by atoms with Gasteiger partial charge in [-0.15, -0.1) is 11.8 Å². The Balaban J connectivity index is 0.000000299. The third-order valence-corrected chi connectivity index (χ3v) is 3.42. The Hall–Kier alpha value is -2.08. The van der Waals surface area contributed by atoms with E-state index >= 15 is 0 Å². The van der Waals surface area contributed by atoms with Crippen LogP contribution in [0.3, 0.4) is 0 Å². The summed E-state index contributed by atoms with van der Waals surface area (Å²) in [7, 11) is 0. The van der Waals surface area contributed by atoms with Crippen LogP contribution in [0.25, 0.3) is 0 Å². The number of hydrogen-bond donors (Lipinski definition) is 1. The third-order valence-electron chi connectivity index (χ3n) is 2.86. The second-order valence-electron chi connectivity index (χ2n) is 4.59. The van der Waals surface area contributed by atoms with Crippen molar-refractivity contribution in [2.75, 3.05) is 13.2 Å². The van der Waals surface area contributed by atoms with Gasteiger partial charge in [0.1, 0.15) is 25.6 Å². The molecule has 0 aliphatic carbocycles. The molecule has 0 amide bonds. The quantitative estimate of drug-likeness (QED) is 0.648. The van der Waals surface area contributed by atoms with Gasteiger partial charge in [-0.25, -0.2) is 9.97 Å². The van der Waals surface area contributed by atoms with Crippen molar-refractivity contribution < 1.29 is 9.84 Å². The largest absolute Gasteiger partial charge is 0.383 e. The van der Waals surface area contributed by atoms with E-state index in [-0.39, 0.29) is 0 Å². The minimum Gasteiger partial charge on any atom is -0.383 e. The minimum atomic E-state index is -0.842. The van der Waals surface area contributed by atoms with Crippen molar-refractivity contribution in [3.63, 3.8) is 0 Å². The van der Waals surface area contributed by atoms with Gasteiger partial charge in [0.2, 0.25) is 0 Å². The van der Waals surface area contributed by atoms with Crippen LogP contribution in [-0.2, 0) is 4.74 Å². The van der Waals surface area contributed by atoms with Crippen LogP contribution >= 0.6 is 23.2 Å². The summed E-state index contributed by atoms with van der Waals surface area (Å²) >= 11 is 11.8. The maximum Gasteiger partial charge on any atom is 0.115 e. The molecule has 1 heterocycles. The van der Waals surface area contributed by atoms with Gasteiger partial charge < -0.3 is 9.84 Å². The fourth-order valence-electron chi connectivity index (χ4n) is 1.65. The summed E-state index contributed by atoms with van der Waals surface area (Å²) in [6, 6.07) is 4.95. The highest BCUT2D eigenvalue weighted by atomic mass is 35.5. The molecule has 0 fully saturated rings. The first kappa shape index (κ1) is 21.0. The number of rotatable bonds is 4. The van der Waals surface area contributed by atoms with Gasteiger partial charge in [0, 0.05) is 33.6 Å².